The third kappa shape index (κ3) is 4.13. The molecule has 23 heavy (non-hydrogen) atoms. The van der Waals surface area contributed by atoms with Gasteiger partial charge in [-0.2, -0.15) is 0 Å². The third-order valence-electron chi connectivity index (χ3n) is 3.03. The molecule has 4 N–H and O–H groups in total. The molecule has 7 nitrogen and oxygen atoms in total. The predicted molar refractivity (Wildman–Crippen MR) is 87.1 cm³/mol. The molecular formula is C16H17N3O4. The van der Waals surface area contributed by atoms with E-state index in [0.29, 0.717) is 28.4 Å². The molecular weight excluding hydrogens is 298 g/mol. The van der Waals surface area contributed by atoms with Crippen LogP contribution in [-0.4, -0.2) is 26.2 Å². The van der Waals surface area contributed by atoms with Gasteiger partial charge in [0.1, 0.15) is 0 Å². The number of amides is 3. The van der Waals surface area contributed by atoms with Crippen LogP contribution in [0.3, 0.4) is 0 Å². The van der Waals surface area contributed by atoms with Gasteiger partial charge in [0.05, 0.1) is 14.2 Å². The molecule has 0 fully saturated rings. The number of primary amides is 1. The quantitative estimate of drug-likeness (QED) is 0.788. The summed E-state index contributed by atoms with van der Waals surface area (Å²) in [5.41, 5.74) is 6.44. The second kappa shape index (κ2) is 7.17. The van der Waals surface area contributed by atoms with Crippen LogP contribution >= 0.6 is 0 Å². The van der Waals surface area contributed by atoms with Gasteiger partial charge in [-0.1, -0.05) is 6.07 Å². The maximum atomic E-state index is 12.3. The molecule has 2 aromatic rings. The van der Waals surface area contributed by atoms with Crippen LogP contribution in [0.1, 0.15) is 10.4 Å². The normalized spacial score (nSPS) is 9.83. The molecule has 2 aromatic carbocycles. The van der Waals surface area contributed by atoms with Crippen molar-refractivity contribution in [3.8, 4) is 11.5 Å². The van der Waals surface area contributed by atoms with Crippen molar-refractivity contribution in [1.29, 1.82) is 0 Å². The Morgan fingerprint density at radius 2 is 1.61 bits per heavy atom. The fourth-order valence-electron chi connectivity index (χ4n) is 2.00. The molecule has 0 aliphatic rings. The minimum Gasteiger partial charge on any atom is -0.493 e. The summed E-state index contributed by atoms with van der Waals surface area (Å²) in [4.78, 5) is 23.1. The van der Waals surface area contributed by atoms with Crippen LogP contribution < -0.4 is 25.8 Å². The summed E-state index contributed by atoms with van der Waals surface area (Å²) in [7, 11) is 3.05. The summed E-state index contributed by atoms with van der Waals surface area (Å²) in [6.45, 7) is 0. The van der Waals surface area contributed by atoms with Gasteiger partial charge in [-0.15, -0.1) is 0 Å². The number of carbonyl (C=O) groups is 2. The van der Waals surface area contributed by atoms with E-state index in [1.54, 1.807) is 36.4 Å². The van der Waals surface area contributed by atoms with E-state index < -0.39 is 6.03 Å². The first kappa shape index (κ1) is 16.2. The number of nitrogens with two attached hydrogens (primary N) is 1. The second-order valence-electron chi connectivity index (χ2n) is 4.59. The summed E-state index contributed by atoms with van der Waals surface area (Å²) >= 11 is 0. The lowest BCUT2D eigenvalue weighted by Crippen LogP contribution is -2.19. The smallest absolute Gasteiger partial charge is 0.316 e. The maximum Gasteiger partial charge on any atom is 0.316 e. The molecule has 0 saturated heterocycles. The van der Waals surface area contributed by atoms with E-state index in [-0.39, 0.29) is 5.91 Å². The van der Waals surface area contributed by atoms with Crippen LogP contribution in [0.15, 0.2) is 42.5 Å². The Kier molecular flexibility index (Phi) is 5.03. The van der Waals surface area contributed by atoms with Crippen LogP contribution in [0, 0.1) is 0 Å². The molecule has 0 unspecified atom stereocenters. The van der Waals surface area contributed by atoms with E-state index in [2.05, 4.69) is 10.6 Å². The number of urea groups is 1. The summed E-state index contributed by atoms with van der Waals surface area (Å²) in [5.74, 6) is 0.748. The average molecular weight is 315 g/mol. The van der Waals surface area contributed by atoms with Crippen molar-refractivity contribution in [3.63, 3.8) is 0 Å². The highest BCUT2D eigenvalue weighted by Gasteiger charge is 2.10. The minimum atomic E-state index is -0.692. The number of ether oxygens (including phenoxy) is 2. The highest BCUT2D eigenvalue weighted by atomic mass is 16.5. The lowest BCUT2D eigenvalue weighted by atomic mass is 10.2. The van der Waals surface area contributed by atoms with E-state index in [0.717, 1.165) is 0 Å². The molecule has 0 heterocycles. The summed E-state index contributed by atoms with van der Waals surface area (Å²) < 4.78 is 10.3. The highest BCUT2D eigenvalue weighted by molar-refractivity contribution is 6.05. The van der Waals surface area contributed by atoms with Gasteiger partial charge >= 0.3 is 6.03 Å². The van der Waals surface area contributed by atoms with E-state index in [4.69, 9.17) is 15.2 Å². The van der Waals surface area contributed by atoms with Crippen molar-refractivity contribution in [3.05, 3.63) is 48.0 Å². The van der Waals surface area contributed by atoms with Gasteiger partial charge in [-0.3, -0.25) is 4.79 Å². The average Bonchev–Trinajstić information content (AvgIpc) is 2.54. The number of hydrogen-bond acceptors (Lipinski definition) is 4. The van der Waals surface area contributed by atoms with E-state index in [1.165, 1.54) is 20.3 Å². The molecule has 2 rings (SSSR count). The van der Waals surface area contributed by atoms with E-state index in [1.807, 2.05) is 0 Å². The molecule has 0 bridgehead atoms. The van der Waals surface area contributed by atoms with Gasteiger partial charge in [0.25, 0.3) is 5.91 Å². The Bertz CT molecular complexity index is 731. The van der Waals surface area contributed by atoms with Crippen LogP contribution in [0.2, 0.25) is 0 Å². The van der Waals surface area contributed by atoms with Gasteiger partial charge in [0.15, 0.2) is 11.5 Å². The fraction of sp³-hybridized carbons (Fsp3) is 0.125. The Balaban J connectivity index is 2.17. The molecule has 0 radical (unpaired) electrons. The maximum absolute atomic E-state index is 12.3. The van der Waals surface area contributed by atoms with Crippen LogP contribution in [-0.2, 0) is 0 Å². The minimum absolute atomic E-state index is 0.328. The SMILES string of the molecule is COc1ccc(NC(=O)c2cccc(NC(N)=O)c2)cc1OC. The number of nitrogens with one attached hydrogen (secondary N) is 2. The molecule has 0 aliphatic carbocycles. The first-order valence-corrected chi connectivity index (χ1v) is 6.73. The number of methoxy groups -OCH3 is 2. The molecule has 0 atom stereocenters. The zero-order chi connectivity index (χ0) is 16.8. The molecule has 0 aromatic heterocycles. The van der Waals surface area contributed by atoms with Gasteiger partial charge in [-0.25, -0.2) is 4.79 Å². The van der Waals surface area contributed by atoms with Crippen molar-refractivity contribution >= 4 is 23.3 Å². The van der Waals surface area contributed by atoms with Crippen molar-refractivity contribution in [2.75, 3.05) is 24.9 Å². The van der Waals surface area contributed by atoms with Crippen LogP contribution in [0.4, 0.5) is 16.2 Å². The van der Waals surface area contributed by atoms with Gasteiger partial charge in [0.2, 0.25) is 0 Å². The fourth-order valence-corrected chi connectivity index (χ4v) is 2.00. The topological polar surface area (TPSA) is 103 Å². The summed E-state index contributed by atoms with van der Waals surface area (Å²) in [5, 5.41) is 5.17. The Hall–Kier alpha value is -3.22. The van der Waals surface area contributed by atoms with Crippen molar-refractivity contribution in [2.45, 2.75) is 0 Å². The predicted octanol–water partition coefficient (Wildman–Crippen LogP) is 2.45. The van der Waals surface area contributed by atoms with Gasteiger partial charge in [0, 0.05) is 23.0 Å². The zero-order valence-electron chi connectivity index (χ0n) is 12.8. The number of anilines is 2. The van der Waals surface area contributed by atoms with Crippen LogP contribution in [0.5, 0.6) is 11.5 Å². The lowest BCUT2D eigenvalue weighted by Gasteiger charge is -2.11. The third-order valence-corrected chi connectivity index (χ3v) is 3.03. The Morgan fingerprint density at radius 3 is 2.26 bits per heavy atom. The van der Waals surface area contributed by atoms with Crippen molar-refractivity contribution in [1.82, 2.24) is 0 Å². The number of carbonyl (C=O) groups excluding carboxylic acids is 2. The first-order chi connectivity index (χ1) is 11.0. The van der Waals surface area contributed by atoms with E-state index >= 15 is 0 Å². The van der Waals surface area contributed by atoms with Crippen LogP contribution in [0.25, 0.3) is 0 Å². The molecule has 120 valence electrons. The Labute approximate surface area is 133 Å². The molecule has 3 amide bonds. The van der Waals surface area contributed by atoms with Gasteiger partial charge in [-0.05, 0) is 30.3 Å². The monoisotopic (exact) mass is 315 g/mol. The van der Waals surface area contributed by atoms with Crippen molar-refractivity contribution < 1.29 is 19.1 Å². The zero-order valence-corrected chi connectivity index (χ0v) is 12.8. The Morgan fingerprint density at radius 1 is 0.913 bits per heavy atom. The van der Waals surface area contributed by atoms with Gasteiger partial charge < -0.3 is 25.8 Å². The summed E-state index contributed by atoms with van der Waals surface area (Å²) in [6.07, 6.45) is 0. The largest absolute Gasteiger partial charge is 0.493 e. The standard InChI is InChI=1S/C16H17N3O4/c1-22-13-7-6-12(9-14(13)23-2)18-15(20)10-4-3-5-11(8-10)19-16(17)21/h3-9H,1-2H3,(H,18,20)(H3,17,19,21). The van der Waals surface area contributed by atoms with Crippen molar-refractivity contribution in [2.24, 2.45) is 5.73 Å². The molecule has 0 aliphatic heterocycles. The number of benzene rings is 2. The molecule has 0 saturated carbocycles. The second-order valence-corrected chi connectivity index (χ2v) is 4.59. The highest BCUT2D eigenvalue weighted by Crippen LogP contribution is 2.29. The number of rotatable bonds is 5. The molecule has 7 heteroatoms. The summed E-state index contributed by atoms with van der Waals surface area (Å²) in [6, 6.07) is 10.8. The molecule has 0 spiro atoms. The lowest BCUT2D eigenvalue weighted by molar-refractivity contribution is 0.102. The number of hydrogen-bond donors (Lipinski definition) is 3. The first-order valence-electron chi connectivity index (χ1n) is 6.73. The van der Waals surface area contributed by atoms with E-state index in [9.17, 15) is 9.59 Å².